The first-order chi connectivity index (χ1) is 15.0. The van der Waals surface area contributed by atoms with Crippen LogP contribution in [0.3, 0.4) is 0 Å². The highest BCUT2D eigenvalue weighted by molar-refractivity contribution is 7.99. The SMILES string of the molecule is Cc1ccc(-n2c(SCC(=O)Nc3cccnc3Cl)nnc2-c2ccccc2F)cc1. The average Bonchev–Trinajstić information content (AvgIpc) is 3.18. The molecule has 0 saturated carbocycles. The van der Waals surface area contributed by atoms with Gasteiger partial charge in [0.15, 0.2) is 16.1 Å². The second-order valence-electron chi connectivity index (χ2n) is 6.64. The molecule has 1 amide bonds. The van der Waals surface area contributed by atoms with E-state index in [9.17, 15) is 9.18 Å². The Kier molecular flexibility index (Phi) is 6.29. The van der Waals surface area contributed by atoms with Gasteiger partial charge in [0.1, 0.15) is 5.82 Å². The van der Waals surface area contributed by atoms with Gasteiger partial charge >= 0.3 is 0 Å². The lowest BCUT2D eigenvalue weighted by Crippen LogP contribution is -2.15. The number of amides is 1. The van der Waals surface area contributed by atoms with Crippen molar-refractivity contribution in [3.63, 3.8) is 0 Å². The largest absolute Gasteiger partial charge is 0.323 e. The number of halogens is 2. The molecule has 0 aliphatic rings. The van der Waals surface area contributed by atoms with Crippen molar-refractivity contribution in [3.05, 3.63) is 83.4 Å². The normalized spacial score (nSPS) is 10.8. The Morgan fingerprint density at radius 2 is 1.87 bits per heavy atom. The maximum absolute atomic E-state index is 14.5. The molecule has 4 aromatic rings. The van der Waals surface area contributed by atoms with Crippen LogP contribution >= 0.6 is 23.4 Å². The van der Waals surface area contributed by atoms with Gasteiger partial charge in [0, 0.05) is 11.9 Å². The zero-order chi connectivity index (χ0) is 21.8. The van der Waals surface area contributed by atoms with E-state index in [1.807, 2.05) is 31.2 Å². The van der Waals surface area contributed by atoms with Crippen molar-refractivity contribution < 1.29 is 9.18 Å². The van der Waals surface area contributed by atoms with Crippen LogP contribution < -0.4 is 5.32 Å². The summed E-state index contributed by atoms with van der Waals surface area (Å²) >= 11 is 7.19. The summed E-state index contributed by atoms with van der Waals surface area (Å²) in [4.78, 5) is 16.4. The molecule has 31 heavy (non-hydrogen) atoms. The summed E-state index contributed by atoms with van der Waals surface area (Å²) in [7, 11) is 0. The van der Waals surface area contributed by atoms with Crippen molar-refractivity contribution >= 4 is 35.0 Å². The van der Waals surface area contributed by atoms with Crippen LogP contribution in [0.25, 0.3) is 17.1 Å². The number of anilines is 1. The van der Waals surface area contributed by atoms with E-state index in [0.29, 0.717) is 22.2 Å². The summed E-state index contributed by atoms with van der Waals surface area (Å²) in [5.74, 6) is -0.248. The number of benzene rings is 2. The van der Waals surface area contributed by atoms with Crippen LogP contribution in [0.2, 0.25) is 5.15 Å². The molecular weight excluding hydrogens is 437 g/mol. The van der Waals surface area contributed by atoms with Crippen LogP contribution in [0.4, 0.5) is 10.1 Å². The van der Waals surface area contributed by atoms with E-state index in [0.717, 1.165) is 11.3 Å². The molecule has 0 fully saturated rings. The Morgan fingerprint density at radius 1 is 1.10 bits per heavy atom. The number of pyridine rings is 1. The lowest BCUT2D eigenvalue weighted by Gasteiger charge is -2.11. The Labute approximate surface area is 187 Å². The van der Waals surface area contributed by atoms with E-state index in [1.165, 1.54) is 17.8 Å². The summed E-state index contributed by atoms with van der Waals surface area (Å²) in [6, 6.07) is 17.5. The van der Waals surface area contributed by atoms with Crippen molar-refractivity contribution in [2.24, 2.45) is 0 Å². The molecule has 6 nitrogen and oxygen atoms in total. The van der Waals surface area contributed by atoms with Gasteiger partial charge in [0.25, 0.3) is 0 Å². The van der Waals surface area contributed by atoms with Crippen molar-refractivity contribution in [1.29, 1.82) is 0 Å². The Morgan fingerprint density at radius 3 is 2.61 bits per heavy atom. The number of nitrogens with zero attached hydrogens (tertiary/aromatic N) is 4. The number of rotatable bonds is 6. The molecule has 0 unspecified atom stereocenters. The molecule has 156 valence electrons. The molecule has 2 aromatic heterocycles. The molecule has 4 rings (SSSR count). The zero-order valence-corrected chi connectivity index (χ0v) is 18.0. The molecule has 0 radical (unpaired) electrons. The molecule has 0 saturated heterocycles. The number of carbonyl (C=O) groups is 1. The summed E-state index contributed by atoms with van der Waals surface area (Å²) in [5.41, 5.74) is 2.62. The maximum Gasteiger partial charge on any atom is 0.234 e. The van der Waals surface area contributed by atoms with Gasteiger partial charge < -0.3 is 5.32 Å². The molecule has 9 heteroatoms. The first-order valence-electron chi connectivity index (χ1n) is 9.33. The third-order valence-electron chi connectivity index (χ3n) is 4.41. The standard InChI is InChI=1S/C22H17ClFN5OS/c1-14-8-10-15(11-9-14)29-21(16-5-2-3-6-17(16)24)27-28-22(29)31-13-19(30)26-18-7-4-12-25-20(18)23/h2-12H,13H2,1H3,(H,26,30). The highest BCUT2D eigenvalue weighted by Gasteiger charge is 2.19. The molecule has 0 atom stereocenters. The van der Waals surface area contributed by atoms with E-state index in [1.54, 1.807) is 41.1 Å². The van der Waals surface area contributed by atoms with Crippen LogP contribution in [0.5, 0.6) is 0 Å². The van der Waals surface area contributed by atoms with Crippen LogP contribution in [0.1, 0.15) is 5.56 Å². The molecule has 2 heterocycles. The highest BCUT2D eigenvalue weighted by Crippen LogP contribution is 2.29. The molecule has 1 N–H and O–H groups in total. The van der Waals surface area contributed by atoms with Crippen LogP contribution in [-0.2, 0) is 4.79 Å². The molecule has 2 aromatic carbocycles. The van der Waals surface area contributed by atoms with Crippen molar-refractivity contribution in [2.45, 2.75) is 12.1 Å². The minimum absolute atomic E-state index is 0.0620. The van der Waals surface area contributed by atoms with Gasteiger partial charge in [-0.3, -0.25) is 9.36 Å². The zero-order valence-electron chi connectivity index (χ0n) is 16.4. The van der Waals surface area contributed by atoms with Gasteiger partial charge in [-0.25, -0.2) is 9.37 Å². The smallest absolute Gasteiger partial charge is 0.234 e. The topological polar surface area (TPSA) is 72.7 Å². The predicted octanol–water partition coefficient (Wildman–Crippen LogP) is 5.16. The van der Waals surface area contributed by atoms with Gasteiger partial charge in [-0.15, -0.1) is 10.2 Å². The Bertz CT molecular complexity index is 1230. The van der Waals surface area contributed by atoms with E-state index >= 15 is 0 Å². The summed E-state index contributed by atoms with van der Waals surface area (Å²) in [5, 5.41) is 11.8. The number of hydrogen-bond donors (Lipinski definition) is 1. The van der Waals surface area contributed by atoms with Crippen molar-refractivity contribution in [3.8, 4) is 17.1 Å². The van der Waals surface area contributed by atoms with Crippen molar-refractivity contribution in [1.82, 2.24) is 19.7 Å². The molecule has 0 bridgehead atoms. The van der Waals surface area contributed by atoms with Crippen molar-refractivity contribution in [2.75, 3.05) is 11.1 Å². The fraction of sp³-hybridized carbons (Fsp3) is 0.0909. The van der Waals surface area contributed by atoms with Gasteiger partial charge in [0.2, 0.25) is 5.91 Å². The highest BCUT2D eigenvalue weighted by atomic mass is 35.5. The van der Waals surface area contributed by atoms with Gasteiger partial charge in [-0.2, -0.15) is 0 Å². The first kappa shape index (κ1) is 21.0. The first-order valence-corrected chi connectivity index (χ1v) is 10.7. The Hall–Kier alpha value is -3.23. The number of aryl methyl sites for hydroxylation is 1. The van der Waals surface area contributed by atoms with E-state index < -0.39 is 5.82 Å². The molecule has 0 aliphatic heterocycles. The van der Waals surface area contributed by atoms with Crippen LogP contribution in [0.15, 0.2) is 72.0 Å². The minimum atomic E-state index is -0.399. The number of nitrogens with one attached hydrogen (secondary N) is 1. The quantitative estimate of drug-likeness (QED) is 0.322. The van der Waals surface area contributed by atoms with Crippen LogP contribution in [0, 0.1) is 12.7 Å². The fourth-order valence-corrected chi connectivity index (χ4v) is 3.82. The van der Waals surface area contributed by atoms with E-state index in [-0.39, 0.29) is 16.8 Å². The van der Waals surface area contributed by atoms with Crippen LogP contribution in [-0.4, -0.2) is 31.4 Å². The third-order valence-corrected chi connectivity index (χ3v) is 5.64. The summed E-state index contributed by atoms with van der Waals surface area (Å²) in [6.07, 6.45) is 1.54. The lowest BCUT2D eigenvalue weighted by molar-refractivity contribution is -0.113. The van der Waals surface area contributed by atoms with Gasteiger partial charge in [-0.1, -0.05) is 53.2 Å². The number of aromatic nitrogens is 4. The molecule has 0 aliphatic carbocycles. The summed E-state index contributed by atoms with van der Waals surface area (Å²) < 4.78 is 16.2. The fourth-order valence-electron chi connectivity index (χ4n) is 2.90. The van der Waals surface area contributed by atoms with E-state index in [4.69, 9.17) is 11.6 Å². The Balaban J connectivity index is 1.63. The molecule has 0 spiro atoms. The molecular formula is C22H17ClFN5OS. The number of thioether (sulfide) groups is 1. The number of carbonyl (C=O) groups excluding carboxylic acids is 1. The summed E-state index contributed by atoms with van der Waals surface area (Å²) in [6.45, 7) is 1.98. The predicted molar refractivity (Wildman–Crippen MR) is 120 cm³/mol. The minimum Gasteiger partial charge on any atom is -0.323 e. The maximum atomic E-state index is 14.5. The average molecular weight is 454 g/mol. The van der Waals surface area contributed by atoms with E-state index in [2.05, 4.69) is 20.5 Å². The second kappa shape index (κ2) is 9.28. The van der Waals surface area contributed by atoms with Gasteiger partial charge in [-0.05, 0) is 43.3 Å². The third kappa shape index (κ3) is 4.76. The van der Waals surface area contributed by atoms with Gasteiger partial charge in [0.05, 0.1) is 17.0 Å². The monoisotopic (exact) mass is 453 g/mol. The second-order valence-corrected chi connectivity index (χ2v) is 7.94. The number of hydrogen-bond acceptors (Lipinski definition) is 5. The lowest BCUT2D eigenvalue weighted by atomic mass is 10.2.